The summed E-state index contributed by atoms with van der Waals surface area (Å²) >= 11 is 0. The summed E-state index contributed by atoms with van der Waals surface area (Å²) in [7, 11) is 0. The lowest BCUT2D eigenvalue weighted by Gasteiger charge is -2.35. The average Bonchev–Trinajstić information content (AvgIpc) is 2.81. The summed E-state index contributed by atoms with van der Waals surface area (Å²) in [4.78, 5) is 7.25. The molecular formula is C24H40IN3O3. The van der Waals surface area contributed by atoms with Crippen molar-refractivity contribution in [2.45, 2.75) is 70.7 Å². The third-order valence-corrected chi connectivity index (χ3v) is 5.81. The van der Waals surface area contributed by atoms with Crippen molar-refractivity contribution in [1.82, 2.24) is 10.2 Å². The van der Waals surface area contributed by atoms with Gasteiger partial charge in [-0.25, -0.2) is 4.99 Å². The van der Waals surface area contributed by atoms with E-state index in [1.165, 1.54) is 12.8 Å². The number of nitrogens with one attached hydrogen (secondary N) is 1. The number of para-hydroxylation sites is 1. The molecule has 0 spiro atoms. The highest BCUT2D eigenvalue weighted by Crippen LogP contribution is 2.18. The van der Waals surface area contributed by atoms with Gasteiger partial charge in [-0.15, -0.1) is 24.0 Å². The third-order valence-electron chi connectivity index (χ3n) is 5.81. The Kier molecular flexibility index (Phi) is 12.6. The Bertz CT molecular complexity index is 618. The van der Waals surface area contributed by atoms with Gasteiger partial charge in [0.1, 0.15) is 11.9 Å². The van der Waals surface area contributed by atoms with Gasteiger partial charge in [0.15, 0.2) is 5.96 Å². The van der Waals surface area contributed by atoms with Gasteiger partial charge in [0.25, 0.3) is 0 Å². The molecule has 176 valence electrons. The van der Waals surface area contributed by atoms with E-state index in [0.29, 0.717) is 18.8 Å². The third kappa shape index (κ3) is 9.14. The van der Waals surface area contributed by atoms with E-state index in [4.69, 9.17) is 19.2 Å². The Morgan fingerprint density at radius 2 is 1.94 bits per heavy atom. The maximum absolute atomic E-state index is 6.16. The van der Waals surface area contributed by atoms with Gasteiger partial charge >= 0.3 is 0 Å². The SMILES string of the molecule is CCNC(=NCC(CC)Oc1ccccc1)N1CCC(OCC2CCCCO2)CC1.I. The number of hydrogen-bond donors (Lipinski definition) is 1. The van der Waals surface area contributed by atoms with Crippen LogP contribution in [0.2, 0.25) is 0 Å². The molecule has 6 nitrogen and oxygen atoms in total. The van der Waals surface area contributed by atoms with Gasteiger partial charge in [-0.3, -0.25) is 0 Å². The van der Waals surface area contributed by atoms with E-state index in [9.17, 15) is 0 Å². The Balaban J connectivity index is 0.00000341. The zero-order chi connectivity index (χ0) is 21.0. The highest BCUT2D eigenvalue weighted by molar-refractivity contribution is 14.0. The molecular weight excluding hydrogens is 505 g/mol. The molecule has 2 aliphatic rings. The number of nitrogens with zero attached hydrogens (tertiary/aromatic N) is 2. The Morgan fingerprint density at radius 3 is 2.58 bits per heavy atom. The number of ether oxygens (including phenoxy) is 3. The van der Waals surface area contributed by atoms with Crippen molar-refractivity contribution in [1.29, 1.82) is 0 Å². The number of aliphatic imine (C=N–C) groups is 1. The Labute approximate surface area is 205 Å². The summed E-state index contributed by atoms with van der Waals surface area (Å²) in [5, 5.41) is 3.45. The number of benzene rings is 1. The molecule has 2 fully saturated rings. The molecule has 2 atom stereocenters. The molecule has 1 N–H and O–H groups in total. The monoisotopic (exact) mass is 545 g/mol. The van der Waals surface area contributed by atoms with E-state index >= 15 is 0 Å². The molecule has 2 aliphatic heterocycles. The fourth-order valence-electron chi connectivity index (χ4n) is 3.97. The fourth-order valence-corrected chi connectivity index (χ4v) is 3.97. The molecule has 0 bridgehead atoms. The van der Waals surface area contributed by atoms with Crippen LogP contribution in [0, 0.1) is 0 Å². The summed E-state index contributed by atoms with van der Waals surface area (Å²) < 4.78 is 18.1. The van der Waals surface area contributed by atoms with Crippen molar-refractivity contribution in [2.24, 2.45) is 4.99 Å². The van der Waals surface area contributed by atoms with Crippen molar-refractivity contribution in [3.8, 4) is 5.75 Å². The smallest absolute Gasteiger partial charge is 0.194 e. The van der Waals surface area contributed by atoms with Gasteiger partial charge in [0, 0.05) is 26.2 Å². The first kappa shape index (κ1) is 26.2. The lowest BCUT2D eigenvalue weighted by Crippen LogP contribution is -2.47. The zero-order valence-corrected chi connectivity index (χ0v) is 21.5. The van der Waals surface area contributed by atoms with Crippen LogP contribution in [0.3, 0.4) is 0 Å². The van der Waals surface area contributed by atoms with Gasteiger partial charge in [-0.1, -0.05) is 25.1 Å². The van der Waals surface area contributed by atoms with Crippen LogP contribution < -0.4 is 10.1 Å². The van der Waals surface area contributed by atoms with Gasteiger partial charge in [0.2, 0.25) is 0 Å². The van der Waals surface area contributed by atoms with Crippen molar-refractivity contribution >= 4 is 29.9 Å². The largest absolute Gasteiger partial charge is 0.489 e. The first-order chi connectivity index (χ1) is 14.8. The molecule has 7 heteroatoms. The van der Waals surface area contributed by atoms with E-state index in [2.05, 4.69) is 24.1 Å². The summed E-state index contributed by atoms with van der Waals surface area (Å²) in [6.45, 7) is 9.36. The molecule has 1 aromatic carbocycles. The number of rotatable bonds is 9. The molecule has 2 unspecified atom stereocenters. The maximum atomic E-state index is 6.16. The second-order valence-electron chi connectivity index (χ2n) is 8.16. The molecule has 31 heavy (non-hydrogen) atoms. The van der Waals surface area contributed by atoms with E-state index in [1.807, 2.05) is 30.3 Å². The number of guanidine groups is 1. The van der Waals surface area contributed by atoms with Crippen LogP contribution in [0.25, 0.3) is 0 Å². The number of hydrogen-bond acceptors (Lipinski definition) is 4. The molecule has 0 aromatic heterocycles. The summed E-state index contributed by atoms with van der Waals surface area (Å²) in [5.41, 5.74) is 0. The predicted octanol–water partition coefficient (Wildman–Crippen LogP) is 4.48. The maximum Gasteiger partial charge on any atom is 0.194 e. The first-order valence-electron chi connectivity index (χ1n) is 11.8. The van der Waals surface area contributed by atoms with Crippen LogP contribution >= 0.6 is 24.0 Å². The molecule has 0 amide bonds. The zero-order valence-electron chi connectivity index (χ0n) is 19.1. The van der Waals surface area contributed by atoms with E-state index < -0.39 is 0 Å². The molecule has 0 aliphatic carbocycles. The highest BCUT2D eigenvalue weighted by Gasteiger charge is 2.24. The quantitative estimate of drug-likeness (QED) is 0.282. The van der Waals surface area contributed by atoms with Crippen molar-refractivity contribution in [3.63, 3.8) is 0 Å². The van der Waals surface area contributed by atoms with E-state index in [1.54, 1.807) is 0 Å². The topological polar surface area (TPSA) is 55.3 Å². The Hall–Kier alpha value is -1.06. The van der Waals surface area contributed by atoms with Crippen LogP contribution in [0.15, 0.2) is 35.3 Å². The second-order valence-corrected chi connectivity index (χ2v) is 8.16. The van der Waals surface area contributed by atoms with Crippen molar-refractivity contribution in [2.75, 3.05) is 39.4 Å². The lowest BCUT2D eigenvalue weighted by atomic mass is 10.1. The Morgan fingerprint density at radius 1 is 1.16 bits per heavy atom. The van der Waals surface area contributed by atoms with Crippen molar-refractivity contribution < 1.29 is 14.2 Å². The average molecular weight is 546 g/mol. The van der Waals surface area contributed by atoms with Crippen molar-refractivity contribution in [3.05, 3.63) is 30.3 Å². The summed E-state index contributed by atoms with van der Waals surface area (Å²) in [5.74, 6) is 1.89. The fraction of sp³-hybridized carbons (Fsp3) is 0.708. The van der Waals surface area contributed by atoms with Crippen LogP contribution in [-0.4, -0.2) is 68.6 Å². The van der Waals surface area contributed by atoms with Crippen LogP contribution in [-0.2, 0) is 9.47 Å². The molecule has 0 saturated carbocycles. The first-order valence-corrected chi connectivity index (χ1v) is 11.8. The van der Waals surface area contributed by atoms with Crippen LogP contribution in [0.5, 0.6) is 5.75 Å². The molecule has 2 saturated heterocycles. The van der Waals surface area contributed by atoms with Gasteiger partial charge in [0.05, 0.1) is 25.4 Å². The predicted molar refractivity (Wildman–Crippen MR) is 137 cm³/mol. The standard InChI is InChI=1S/C24H39N3O3.HI/c1-3-20(30-22-10-6-5-7-11-22)18-26-24(25-4-2)27-15-13-21(14-16-27)29-19-23-12-8-9-17-28-23;/h5-7,10-11,20-21,23H,3-4,8-9,12-19H2,1-2H3,(H,25,26);1H. The number of likely N-dealkylation sites (tertiary alicyclic amines) is 1. The normalized spacial score (nSPS) is 21.3. The van der Waals surface area contributed by atoms with E-state index in [0.717, 1.165) is 70.2 Å². The van der Waals surface area contributed by atoms with Gasteiger partial charge in [-0.2, -0.15) is 0 Å². The molecule has 1 aromatic rings. The number of piperidine rings is 1. The van der Waals surface area contributed by atoms with Gasteiger partial charge in [-0.05, 0) is 57.6 Å². The highest BCUT2D eigenvalue weighted by atomic mass is 127. The lowest BCUT2D eigenvalue weighted by molar-refractivity contribution is -0.0721. The van der Waals surface area contributed by atoms with Crippen LogP contribution in [0.1, 0.15) is 52.4 Å². The van der Waals surface area contributed by atoms with Crippen LogP contribution in [0.4, 0.5) is 0 Å². The van der Waals surface area contributed by atoms with Gasteiger partial charge < -0.3 is 24.4 Å². The minimum Gasteiger partial charge on any atom is -0.489 e. The minimum atomic E-state index is 0. The second kappa shape index (κ2) is 14.9. The summed E-state index contributed by atoms with van der Waals surface area (Å²) in [6.07, 6.45) is 7.31. The summed E-state index contributed by atoms with van der Waals surface area (Å²) in [6, 6.07) is 10.0. The minimum absolute atomic E-state index is 0. The molecule has 2 heterocycles. The molecule has 3 rings (SSSR count). The van der Waals surface area contributed by atoms with E-state index in [-0.39, 0.29) is 30.1 Å². The molecule has 0 radical (unpaired) electrons. The number of halogens is 1.